The topological polar surface area (TPSA) is 26.3 Å². The Morgan fingerprint density at radius 1 is 1.38 bits per heavy atom. The summed E-state index contributed by atoms with van der Waals surface area (Å²) in [5.74, 6) is -0.122. The smallest absolute Gasteiger partial charge is 0.333 e. The van der Waals surface area contributed by atoms with Gasteiger partial charge in [-0.15, -0.1) is 0 Å². The second-order valence-corrected chi connectivity index (χ2v) is 4.23. The molecule has 72 valence electrons. The molecule has 0 heterocycles. The van der Waals surface area contributed by atoms with Gasteiger partial charge in [0.15, 0.2) is 0 Å². The van der Waals surface area contributed by atoms with Gasteiger partial charge in [-0.2, -0.15) is 0 Å². The lowest BCUT2D eigenvalue weighted by Gasteiger charge is -2.18. The quantitative estimate of drug-likeness (QED) is 0.579. The van der Waals surface area contributed by atoms with Crippen molar-refractivity contribution in [2.24, 2.45) is 5.41 Å². The molecule has 2 rings (SSSR count). The van der Waals surface area contributed by atoms with Crippen molar-refractivity contribution in [2.45, 2.75) is 38.5 Å². The maximum atomic E-state index is 11.3. The Labute approximate surface area is 79.0 Å². The molecule has 1 spiro atoms. The molecule has 0 amide bonds. The monoisotopic (exact) mass is 180 g/mol. The second kappa shape index (κ2) is 3.17. The van der Waals surface area contributed by atoms with E-state index in [0.29, 0.717) is 5.41 Å². The predicted octanol–water partition coefficient (Wildman–Crippen LogP) is 2.44. The zero-order valence-electron chi connectivity index (χ0n) is 8.14. The molecule has 1 saturated carbocycles. The van der Waals surface area contributed by atoms with Crippen LogP contribution < -0.4 is 0 Å². The Morgan fingerprint density at radius 3 is 2.69 bits per heavy atom. The van der Waals surface area contributed by atoms with Crippen LogP contribution in [-0.2, 0) is 9.53 Å². The first-order valence-electron chi connectivity index (χ1n) is 5.06. The molecule has 2 aliphatic carbocycles. The molecule has 0 aromatic carbocycles. The van der Waals surface area contributed by atoms with Crippen LogP contribution in [0.25, 0.3) is 0 Å². The van der Waals surface area contributed by atoms with E-state index in [1.807, 2.05) is 0 Å². The van der Waals surface area contributed by atoms with Crippen molar-refractivity contribution >= 4 is 5.97 Å². The van der Waals surface area contributed by atoms with Gasteiger partial charge in [-0.05, 0) is 31.1 Å². The van der Waals surface area contributed by atoms with Gasteiger partial charge < -0.3 is 4.74 Å². The molecule has 0 unspecified atom stereocenters. The maximum Gasteiger partial charge on any atom is 0.333 e. The summed E-state index contributed by atoms with van der Waals surface area (Å²) in [6.45, 7) is 0. The summed E-state index contributed by atoms with van der Waals surface area (Å²) in [5.41, 5.74) is 1.29. The fourth-order valence-corrected chi connectivity index (χ4v) is 2.66. The standard InChI is InChI=1S/C11H16O2/c1-13-10(12)9-4-7-11(8-9)5-2-3-6-11/h8H,2-7H2,1H3. The van der Waals surface area contributed by atoms with Gasteiger partial charge in [-0.3, -0.25) is 0 Å². The van der Waals surface area contributed by atoms with Crippen LogP contribution in [0.3, 0.4) is 0 Å². The molecule has 0 radical (unpaired) electrons. The molecule has 0 aliphatic heterocycles. The van der Waals surface area contributed by atoms with Crippen molar-refractivity contribution in [3.05, 3.63) is 11.6 Å². The lowest BCUT2D eigenvalue weighted by molar-refractivity contribution is -0.136. The number of rotatable bonds is 1. The molecule has 0 aromatic rings. The molecule has 2 nitrogen and oxygen atoms in total. The number of esters is 1. The minimum Gasteiger partial charge on any atom is -0.466 e. The third-order valence-electron chi connectivity index (χ3n) is 3.42. The third kappa shape index (κ3) is 1.50. The molecule has 0 saturated heterocycles. The fourth-order valence-electron chi connectivity index (χ4n) is 2.66. The van der Waals surface area contributed by atoms with Crippen molar-refractivity contribution in [3.63, 3.8) is 0 Å². The van der Waals surface area contributed by atoms with Crippen LogP contribution in [0.4, 0.5) is 0 Å². The molecule has 2 heteroatoms. The number of allylic oxidation sites excluding steroid dienone is 1. The largest absolute Gasteiger partial charge is 0.466 e. The molecule has 13 heavy (non-hydrogen) atoms. The molecular formula is C11H16O2. The van der Waals surface area contributed by atoms with Gasteiger partial charge in [0, 0.05) is 5.57 Å². The van der Waals surface area contributed by atoms with Crippen molar-refractivity contribution in [1.82, 2.24) is 0 Å². The zero-order chi connectivity index (χ0) is 9.31. The van der Waals surface area contributed by atoms with Crippen LogP contribution in [0, 0.1) is 5.41 Å². The first kappa shape index (κ1) is 8.79. The summed E-state index contributed by atoms with van der Waals surface area (Å²) >= 11 is 0. The van der Waals surface area contributed by atoms with Crippen LogP contribution in [-0.4, -0.2) is 13.1 Å². The van der Waals surface area contributed by atoms with E-state index in [1.165, 1.54) is 32.8 Å². The summed E-state index contributed by atoms with van der Waals surface area (Å²) < 4.78 is 4.73. The van der Waals surface area contributed by atoms with Crippen LogP contribution in [0.15, 0.2) is 11.6 Å². The maximum absolute atomic E-state index is 11.3. The van der Waals surface area contributed by atoms with Crippen molar-refractivity contribution in [3.8, 4) is 0 Å². The van der Waals surface area contributed by atoms with Crippen molar-refractivity contribution in [2.75, 3.05) is 7.11 Å². The molecular weight excluding hydrogens is 164 g/mol. The predicted molar refractivity (Wildman–Crippen MR) is 50.2 cm³/mol. The van der Waals surface area contributed by atoms with Crippen LogP contribution in [0.1, 0.15) is 38.5 Å². The van der Waals surface area contributed by atoms with Crippen molar-refractivity contribution < 1.29 is 9.53 Å². The van der Waals surface area contributed by atoms with E-state index < -0.39 is 0 Å². The van der Waals surface area contributed by atoms with Gasteiger partial charge in [0.05, 0.1) is 7.11 Å². The molecule has 2 aliphatic rings. The first-order chi connectivity index (χ1) is 6.26. The summed E-state index contributed by atoms with van der Waals surface area (Å²) in [5, 5.41) is 0. The van der Waals surface area contributed by atoms with E-state index >= 15 is 0 Å². The highest BCUT2D eigenvalue weighted by atomic mass is 16.5. The Kier molecular flexibility index (Phi) is 2.14. The van der Waals surface area contributed by atoms with Gasteiger partial charge in [0.1, 0.15) is 0 Å². The number of methoxy groups -OCH3 is 1. The zero-order valence-corrected chi connectivity index (χ0v) is 8.14. The van der Waals surface area contributed by atoms with E-state index in [-0.39, 0.29) is 5.97 Å². The second-order valence-electron chi connectivity index (χ2n) is 4.23. The molecule has 1 fully saturated rings. The SMILES string of the molecule is COC(=O)C1=CC2(CCCC2)CC1. The highest BCUT2D eigenvalue weighted by Gasteiger charge is 2.37. The third-order valence-corrected chi connectivity index (χ3v) is 3.42. The lowest BCUT2D eigenvalue weighted by Crippen LogP contribution is -2.07. The normalized spacial score (nSPS) is 24.8. The highest BCUT2D eigenvalue weighted by molar-refractivity contribution is 5.89. The Morgan fingerprint density at radius 2 is 2.08 bits per heavy atom. The minimum atomic E-state index is -0.122. The lowest BCUT2D eigenvalue weighted by atomic mass is 9.86. The summed E-state index contributed by atoms with van der Waals surface area (Å²) in [6.07, 6.45) is 9.47. The molecule has 0 N–H and O–H groups in total. The number of carbonyl (C=O) groups excluding carboxylic acids is 1. The van der Waals surface area contributed by atoms with E-state index in [4.69, 9.17) is 4.74 Å². The van der Waals surface area contributed by atoms with Gasteiger partial charge in [0.2, 0.25) is 0 Å². The van der Waals surface area contributed by atoms with E-state index in [1.54, 1.807) is 0 Å². The minimum absolute atomic E-state index is 0.122. The summed E-state index contributed by atoms with van der Waals surface area (Å²) in [4.78, 5) is 11.3. The molecule has 0 atom stereocenters. The van der Waals surface area contributed by atoms with Crippen molar-refractivity contribution in [1.29, 1.82) is 0 Å². The number of carbonyl (C=O) groups is 1. The van der Waals surface area contributed by atoms with E-state index in [0.717, 1.165) is 18.4 Å². The number of hydrogen-bond donors (Lipinski definition) is 0. The van der Waals surface area contributed by atoms with Gasteiger partial charge in [0.25, 0.3) is 0 Å². The summed E-state index contributed by atoms with van der Waals surface area (Å²) in [6, 6.07) is 0. The molecule has 0 bridgehead atoms. The Bertz CT molecular complexity index is 247. The van der Waals surface area contributed by atoms with Gasteiger partial charge >= 0.3 is 5.97 Å². The Hall–Kier alpha value is -0.790. The van der Waals surface area contributed by atoms with Crippen LogP contribution in [0.2, 0.25) is 0 Å². The molecule has 0 aromatic heterocycles. The fraction of sp³-hybridized carbons (Fsp3) is 0.727. The highest BCUT2D eigenvalue weighted by Crippen LogP contribution is 2.48. The van der Waals surface area contributed by atoms with Crippen LogP contribution >= 0.6 is 0 Å². The van der Waals surface area contributed by atoms with E-state index in [2.05, 4.69) is 6.08 Å². The van der Waals surface area contributed by atoms with E-state index in [9.17, 15) is 4.79 Å². The average molecular weight is 180 g/mol. The summed E-state index contributed by atoms with van der Waals surface area (Å²) in [7, 11) is 1.46. The number of ether oxygens (including phenoxy) is 1. The van der Waals surface area contributed by atoms with Gasteiger partial charge in [-0.1, -0.05) is 18.9 Å². The number of hydrogen-bond acceptors (Lipinski definition) is 2. The van der Waals surface area contributed by atoms with Gasteiger partial charge in [-0.25, -0.2) is 4.79 Å². The Balaban J connectivity index is 2.12. The first-order valence-corrected chi connectivity index (χ1v) is 5.06. The average Bonchev–Trinajstić information content (AvgIpc) is 2.76. The van der Waals surface area contributed by atoms with Crippen LogP contribution in [0.5, 0.6) is 0 Å².